The first-order valence-electron chi connectivity index (χ1n) is 7.92. The van der Waals surface area contributed by atoms with E-state index in [1.54, 1.807) is 0 Å². The van der Waals surface area contributed by atoms with Gasteiger partial charge in [-0.05, 0) is 41.0 Å². The second kappa shape index (κ2) is 10.2. The fourth-order valence-electron chi connectivity index (χ4n) is 2.40. The minimum Gasteiger partial charge on any atom is -0.465 e. The lowest BCUT2D eigenvalue weighted by Crippen LogP contribution is -2.54. The molecular formula is C16H33NO3. The van der Waals surface area contributed by atoms with Crippen molar-refractivity contribution in [3.8, 4) is 0 Å². The highest BCUT2D eigenvalue weighted by atomic mass is 16.5. The van der Waals surface area contributed by atoms with E-state index in [0.29, 0.717) is 13.0 Å². The van der Waals surface area contributed by atoms with E-state index in [4.69, 9.17) is 9.47 Å². The quantitative estimate of drug-likeness (QED) is 0.468. The SMILES string of the molecule is CCCCCOC(C)CC(C)(NC(C)C)C(=O)OCC. The van der Waals surface area contributed by atoms with Crippen molar-refractivity contribution in [2.75, 3.05) is 13.2 Å². The normalized spacial score (nSPS) is 15.9. The Balaban J connectivity index is 4.44. The molecule has 4 heteroatoms. The average Bonchev–Trinajstić information content (AvgIpc) is 2.33. The molecule has 0 saturated carbocycles. The number of hydrogen-bond acceptors (Lipinski definition) is 4. The Morgan fingerprint density at radius 3 is 2.35 bits per heavy atom. The van der Waals surface area contributed by atoms with Crippen LogP contribution >= 0.6 is 0 Å². The zero-order valence-corrected chi connectivity index (χ0v) is 14.1. The monoisotopic (exact) mass is 287 g/mol. The minimum absolute atomic E-state index is 0.0347. The van der Waals surface area contributed by atoms with Crippen molar-refractivity contribution >= 4 is 5.97 Å². The molecule has 0 radical (unpaired) electrons. The van der Waals surface area contributed by atoms with Crippen LogP contribution in [0.2, 0.25) is 0 Å². The molecule has 0 aromatic carbocycles. The fraction of sp³-hybridized carbons (Fsp3) is 0.938. The molecular weight excluding hydrogens is 254 g/mol. The zero-order chi connectivity index (χ0) is 15.6. The number of unbranched alkanes of at least 4 members (excludes halogenated alkanes) is 2. The molecule has 0 aliphatic carbocycles. The third kappa shape index (κ3) is 7.85. The Morgan fingerprint density at radius 2 is 1.85 bits per heavy atom. The highest BCUT2D eigenvalue weighted by molar-refractivity contribution is 5.80. The van der Waals surface area contributed by atoms with Crippen LogP contribution in [0.1, 0.15) is 67.2 Å². The van der Waals surface area contributed by atoms with Gasteiger partial charge < -0.3 is 9.47 Å². The van der Waals surface area contributed by atoms with Gasteiger partial charge in [-0.25, -0.2) is 0 Å². The lowest BCUT2D eigenvalue weighted by atomic mass is 9.93. The summed E-state index contributed by atoms with van der Waals surface area (Å²) in [7, 11) is 0. The van der Waals surface area contributed by atoms with Gasteiger partial charge in [0.05, 0.1) is 12.7 Å². The number of rotatable bonds is 11. The predicted molar refractivity (Wildman–Crippen MR) is 82.9 cm³/mol. The second-order valence-electron chi connectivity index (χ2n) is 5.94. The molecule has 2 atom stereocenters. The second-order valence-corrected chi connectivity index (χ2v) is 5.94. The maximum atomic E-state index is 12.2. The molecule has 0 heterocycles. The van der Waals surface area contributed by atoms with E-state index in [9.17, 15) is 4.79 Å². The number of nitrogens with one attached hydrogen (secondary N) is 1. The highest BCUT2D eigenvalue weighted by Crippen LogP contribution is 2.18. The summed E-state index contributed by atoms with van der Waals surface area (Å²) in [6.07, 6.45) is 4.11. The van der Waals surface area contributed by atoms with E-state index in [1.807, 2.05) is 34.6 Å². The van der Waals surface area contributed by atoms with Gasteiger partial charge in [0.1, 0.15) is 5.54 Å². The summed E-state index contributed by atoms with van der Waals surface area (Å²) in [4.78, 5) is 12.2. The molecule has 20 heavy (non-hydrogen) atoms. The van der Waals surface area contributed by atoms with E-state index in [-0.39, 0.29) is 18.1 Å². The zero-order valence-electron chi connectivity index (χ0n) is 14.1. The number of carbonyl (C=O) groups is 1. The van der Waals surface area contributed by atoms with Crippen LogP contribution in [0.4, 0.5) is 0 Å². The van der Waals surface area contributed by atoms with Gasteiger partial charge >= 0.3 is 5.97 Å². The van der Waals surface area contributed by atoms with Crippen LogP contribution in [0.15, 0.2) is 0 Å². The third-order valence-electron chi connectivity index (χ3n) is 3.18. The van der Waals surface area contributed by atoms with Gasteiger partial charge in [-0.2, -0.15) is 0 Å². The lowest BCUT2D eigenvalue weighted by molar-refractivity contribution is -0.152. The van der Waals surface area contributed by atoms with Crippen LogP contribution in [0.3, 0.4) is 0 Å². The van der Waals surface area contributed by atoms with Crippen LogP contribution in [0.25, 0.3) is 0 Å². The summed E-state index contributed by atoms with van der Waals surface area (Å²) in [6, 6.07) is 0.219. The molecule has 1 N–H and O–H groups in total. The van der Waals surface area contributed by atoms with E-state index in [1.165, 1.54) is 12.8 Å². The molecule has 0 saturated heterocycles. The highest BCUT2D eigenvalue weighted by Gasteiger charge is 2.36. The van der Waals surface area contributed by atoms with Gasteiger partial charge in [0.2, 0.25) is 0 Å². The molecule has 2 unspecified atom stereocenters. The van der Waals surface area contributed by atoms with Crippen molar-refractivity contribution in [2.24, 2.45) is 0 Å². The smallest absolute Gasteiger partial charge is 0.326 e. The minimum atomic E-state index is -0.686. The molecule has 0 aromatic rings. The first kappa shape index (κ1) is 19.4. The molecule has 120 valence electrons. The molecule has 0 fully saturated rings. The van der Waals surface area contributed by atoms with Crippen LogP contribution in [-0.2, 0) is 14.3 Å². The Labute approximate surface area is 124 Å². The van der Waals surface area contributed by atoms with Gasteiger partial charge in [0, 0.05) is 19.1 Å². The lowest BCUT2D eigenvalue weighted by Gasteiger charge is -2.32. The summed E-state index contributed by atoms with van der Waals surface area (Å²) in [5.74, 6) is -0.197. The van der Waals surface area contributed by atoms with Gasteiger partial charge in [-0.1, -0.05) is 19.8 Å². The topological polar surface area (TPSA) is 47.6 Å². The first-order chi connectivity index (χ1) is 9.35. The summed E-state index contributed by atoms with van der Waals surface area (Å²) in [6.45, 7) is 13.2. The fourth-order valence-corrected chi connectivity index (χ4v) is 2.40. The summed E-state index contributed by atoms with van der Waals surface area (Å²) in [5, 5.41) is 3.32. The van der Waals surface area contributed by atoms with Crippen LogP contribution in [-0.4, -0.2) is 36.9 Å². The Morgan fingerprint density at radius 1 is 1.20 bits per heavy atom. The first-order valence-corrected chi connectivity index (χ1v) is 7.92. The number of esters is 1. The summed E-state index contributed by atoms with van der Waals surface area (Å²) < 4.78 is 11.0. The third-order valence-corrected chi connectivity index (χ3v) is 3.18. The Bertz CT molecular complexity index is 268. The summed E-state index contributed by atoms with van der Waals surface area (Å²) >= 11 is 0. The molecule has 4 nitrogen and oxygen atoms in total. The molecule has 0 rings (SSSR count). The van der Waals surface area contributed by atoms with Gasteiger partial charge in [0.15, 0.2) is 0 Å². The Hall–Kier alpha value is -0.610. The van der Waals surface area contributed by atoms with Crippen molar-refractivity contribution in [1.82, 2.24) is 5.32 Å². The standard InChI is InChI=1S/C16H33NO3/c1-7-9-10-11-20-14(5)12-16(6,17-13(3)4)15(18)19-8-2/h13-14,17H,7-12H2,1-6H3. The number of hydrogen-bond donors (Lipinski definition) is 1. The largest absolute Gasteiger partial charge is 0.465 e. The maximum absolute atomic E-state index is 12.2. The van der Waals surface area contributed by atoms with E-state index in [2.05, 4.69) is 12.2 Å². The van der Waals surface area contributed by atoms with Crippen molar-refractivity contribution in [3.05, 3.63) is 0 Å². The molecule has 0 aliphatic heterocycles. The van der Waals surface area contributed by atoms with Gasteiger partial charge in [-0.15, -0.1) is 0 Å². The maximum Gasteiger partial charge on any atom is 0.326 e. The van der Waals surface area contributed by atoms with E-state index >= 15 is 0 Å². The van der Waals surface area contributed by atoms with Crippen LogP contribution in [0.5, 0.6) is 0 Å². The number of ether oxygens (including phenoxy) is 2. The number of carbonyl (C=O) groups excluding carboxylic acids is 1. The van der Waals surface area contributed by atoms with E-state index in [0.717, 1.165) is 13.0 Å². The van der Waals surface area contributed by atoms with Crippen molar-refractivity contribution < 1.29 is 14.3 Å². The van der Waals surface area contributed by atoms with E-state index < -0.39 is 5.54 Å². The molecule has 0 amide bonds. The Kier molecular flexibility index (Phi) is 9.86. The van der Waals surface area contributed by atoms with Crippen molar-refractivity contribution in [1.29, 1.82) is 0 Å². The van der Waals surface area contributed by atoms with Gasteiger partial charge in [-0.3, -0.25) is 10.1 Å². The average molecular weight is 287 g/mol. The van der Waals surface area contributed by atoms with Crippen molar-refractivity contribution in [2.45, 2.75) is 84.9 Å². The molecule has 0 aromatic heterocycles. The molecule has 0 aliphatic rings. The van der Waals surface area contributed by atoms with Gasteiger partial charge in [0.25, 0.3) is 0 Å². The van der Waals surface area contributed by atoms with Crippen molar-refractivity contribution in [3.63, 3.8) is 0 Å². The summed E-state index contributed by atoms with van der Waals surface area (Å²) in [5.41, 5.74) is -0.686. The molecule has 0 spiro atoms. The van der Waals surface area contributed by atoms with Crippen LogP contribution < -0.4 is 5.32 Å². The molecule has 0 bridgehead atoms. The van der Waals surface area contributed by atoms with Crippen LogP contribution in [0, 0.1) is 0 Å². The predicted octanol–water partition coefficient (Wildman–Crippen LogP) is 3.29.